The molecule has 3 nitrogen and oxygen atoms in total. The van der Waals surface area contributed by atoms with Crippen molar-refractivity contribution in [2.75, 3.05) is 6.54 Å². The summed E-state index contributed by atoms with van der Waals surface area (Å²) in [5.41, 5.74) is 8.49. The molecule has 0 radical (unpaired) electrons. The highest BCUT2D eigenvalue weighted by atomic mass is 16.1. The van der Waals surface area contributed by atoms with Gasteiger partial charge in [0.05, 0.1) is 5.52 Å². The maximum atomic E-state index is 12.0. The lowest BCUT2D eigenvalue weighted by Crippen LogP contribution is -2.14. The number of H-pyrrole nitrogens is 1. The van der Waals surface area contributed by atoms with Gasteiger partial charge in [-0.25, -0.2) is 0 Å². The fourth-order valence-electron chi connectivity index (χ4n) is 2.26. The van der Waals surface area contributed by atoms with Crippen molar-refractivity contribution in [3.05, 3.63) is 45.7 Å². The number of fused-ring (bicyclic) bond motifs is 1. The first kappa shape index (κ1) is 12.8. The maximum Gasteiger partial charge on any atom is 0.251 e. The lowest BCUT2D eigenvalue weighted by Gasteiger charge is -2.10. The number of pyridine rings is 1. The summed E-state index contributed by atoms with van der Waals surface area (Å²) in [7, 11) is 0. The van der Waals surface area contributed by atoms with Crippen LogP contribution in [-0.4, -0.2) is 11.5 Å². The van der Waals surface area contributed by atoms with Crippen LogP contribution in [0.2, 0.25) is 0 Å². The fourth-order valence-corrected chi connectivity index (χ4v) is 2.26. The second kappa shape index (κ2) is 5.36. The van der Waals surface area contributed by atoms with Crippen LogP contribution >= 0.6 is 0 Å². The van der Waals surface area contributed by atoms with Crippen LogP contribution in [0.4, 0.5) is 0 Å². The predicted octanol–water partition coefficient (Wildman–Crippen LogP) is 2.54. The Labute approximate surface area is 107 Å². The summed E-state index contributed by atoms with van der Waals surface area (Å²) in [5, 5.41) is 1.10. The maximum absolute atomic E-state index is 12.0. The zero-order chi connectivity index (χ0) is 13.1. The summed E-state index contributed by atoms with van der Waals surface area (Å²) in [6, 6.07) is 8.16. The van der Waals surface area contributed by atoms with Gasteiger partial charge in [0.25, 0.3) is 5.56 Å². The molecule has 18 heavy (non-hydrogen) atoms. The fraction of sp³-hybridized carbons (Fsp3) is 0.400. The molecule has 2 aromatic rings. The Bertz CT molecular complexity index is 599. The molecular formula is C15H20N2O. The van der Waals surface area contributed by atoms with Gasteiger partial charge in [-0.15, -0.1) is 0 Å². The Morgan fingerprint density at radius 2 is 2.11 bits per heavy atom. The average Bonchev–Trinajstić information content (AvgIpc) is 2.35. The minimum absolute atomic E-state index is 0.0176. The Hall–Kier alpha value is -1.61. The van der Waals surface area contributed by atoms with E-state index in [4.69, 9.17) is 5.73 Å². The zero-order valence-electron chi connectivity index (χ0n) is 11.0. The van der Waals surface area contributed by atoms with Crippen molar-refractivity contribution in [2.45, 2.75) is 32.6 Å². The van der Waals surface area contributed by atoms with E-state index in [1.165, 1.54) is 5.56 Å². The number of rotatable bonds is 4. The van der Waals surface area contributed by atoms with Crippen LogP contribution in [0.3, 0.4) is 0 Å². The number of nitrogens with two attached hydrogens (primary N) is 1. The molecule has 0 bridgehead atoms. The number of aryl methyl sites for hydroxylation is 1. The molecule has 0 aliphatic heterocycles. The number of nitrogens with one attached hydrogen (secondary N) is 1. The van der Waals surface area contributed by atoms with Gasteiger partial charge in [0, 0.05) is 5.56 Å². The lowest BCUT2D eigenvalue weighted by molar-refractivity contribution is 0.823. The molecule has 3 heteroatoms. The highest BCUT2D eigenvalue weighted by Gasteiger charge is 2.08. The van der Waals surface area contributed by atoms with Crippen LogP contribution in [-0.2, 0) is 6.42 Å². The van der Waals surface area contributed by atoms with Crippen molar-refractivity contribution in [3.8, 4) is 0 Å². The van der Waals surface area contributed by atoms with Gasteiger partial charge in [-0.2, -0.15) is 0 Å². The molecule has 1 aromatic heterocycles. The molecule has 96 valence electrons. The highest BCUT2D eigenvalue weighted by Crippen LogP contribution is 2.23. The molecule has 1 heterocycles. The Morgan fingerprint density at radius 1 is 1.33 bits per heavy atom. The highest BCUT2D eigenvalue weighted by molar-refractivity contribution is 5.82. The first-order valence-corrected chi connectivity index (χ1v) is 6.48. The van der Waals surface area contributed by atoms with E-state index in [0.29, 0.717) is 12.5 Å². The molecule has 0 aliphatic rings. The zero-order valence-corrected chi connectivity index (χ0v) is 11.0. The molecule has 0 saturated heterocycles. The molecule has 1 aromatic carbocycles. The Kier molecular flexibility index (Phi) is 3.82. The monoisotopic (exact) mass is 244 g/mol. The third-order valence-electron chi connectivity index (χ3n) is 3.26. The summed E-state index contributed by atoms with van der Waals surface area (Å²) in [6.45, 7) is 4.88. The topological polar surface area (TPSA) is 58.9 Å². The van der Waals surface area contributed by atoms with Crippen molar-refractivity contribution >= 4 is 10.9 Å². The van der Waals surface area contributed by atoms with Gasteiger partial charge in [0.15, 0.2) is 0 Å². The molecule has 0 saturated carbocycles. The van der Waals surface area contributed by atoms with Gasteiger partial charge in [-0.3, -0.25) is 4.79 Å². The van der Waals surface area contributed by atoms with Gasteiger partial charge in [0.2, 0.25) is 0 Å². The van der Waals surface area contributed by atoms with Gasteiger partial charge >= 0.3 is 0 Å². The van der Waals surface area contributed by atoms with Crippen LogP contribution in [0.1, 0.15) is 37.3 Å². The van der Waals surface area contributed by atoms with E-state index in [9.17, 15) is 4.79 Å². The summed E-state index contributed by atoms with van der Waals surface area (Å²) in [4.78, 5) is 15.0. The molecule has 3 N–H and O–H groups in total. The average molecular weight is 244 g/mol. The van der Waals surface area contributed by atoms with E-state index in [0.717, 1.165) is 29.3 Å². The van der Waals surface area contributed by atoms with E-state index >= 15 is 0 Å². The van der Waals surface area contributed by atoms with E-state index in [1.54, 1.807) is 0 Å². The van der Waals surface area contributed by atoms with Gasteiger partial charge in [0.1, 0.15) is 0 Å². The number of aromatic amines is 1. The molecule has 0 aliphatic carbocycles. The molecular weight excluding hydrogens is 224 g/mol. The van der Waals surface area contributed by atoms with Gasteiger partial charge in [-0.1, -0.05) is 32.0 Å². The number of hydrogen-bond acceptors (Lipinski definition) is 2. The lowest BCUT2D eigenvalue weighted by atomic mass is 9.98. The van der Waals surface area contributed by atoms with Gasteiger partial charge in [-0.05, 0) is 42.3 Å². The quantitative estimate of drug-likeness (QED) is 0.868. The van der Waals surface area contributed by atoms with Crippen molar-refractivity contribution in [2.24, 2.45) is 5.73 Å². The minimum Gasteiger partial charge on any atom is -0.330 e. The molecule has 2 rings (SSSR count). The van der Waals surface area contributed by atoms with E-state index in [1.807, 2.05) is 18.2 Å². The second-order valence-corrected chi connectivity index (χ2v) is 4.98. The normalized spacial score (nSPS) is 11.3. The van der Waals surface area contributed by atoms with Crippen molar-refractivity contribution in [1.82, 2.24) is 4.98 Å². The van der Waals surface area contributed by atoms with Crippen molar-refractivity contribution in [1.29, 1.82) is 0 Å². The largest absolute Gasteiger partial charge is 0.330 e. The SMILES string of the molecule is CC(C)c1cccc2cc(CCCN)c(=O)[nH]c12. The minimum atomic E-state index is 0.0176. The molecule has 0 atom stereocenters. The van der Waals surface area contributed by atoms with E-state index < -0.39 is 0 Å². The van der Waals surface area contributed by atoms with Crippen LogP contribution in [0.15, 0.2) is 29.1 Å². The van der Waals surface area contributed by atoms with Gasteiger partial charge < -0.3 is 10.7 Å². The Morgan fingerprint density at radius 3 is 2.78 bits per heavy atom. The van der Waals surface area contributed by atoms with Crippen LogP contribution in [0, 0.1) is 0 Å². The summed E-state index contributed by atoms with van der Waals surface area (Å²) in [5.74, 6) is 0.402. The number of hydrogen-bond donors (Lipinski definition) is 2. The molecule has 0 fully saturated rings. The van der Waals surface area contributed by atoms with Crippen molar-refractivity contribution < 1.29 is 0 Å². The van der Waals surface area contributed by atoms with Crippen LogP contribution in [0.5, 0.6) is 0 Å². The smallest absolute Gasteiger partial charge is 0.251 e. The predicted molar refractivity (Wildman–Crippen MR) is 76.0 cm³/mol. The first-order valence-electron chi connectivity index (χ1n) is 6.48. The summed E-state index contributed by atoms with van der Waals surface area (Å²) < 4.78 is 0. The second-order valence-electron chi connectivity index (χ2n) is 4.98. The summed E-state index contributed by atoms with van der Waals surface area (Å²) >= 11 is 0. The molecule has 0 unspecified atom stereocenters. The number of aromatic nitrogens is 1. The van der Waals surface area contributed by atoms with Crippen molar-refractivity contribution in [3.63, 3.8) is 0 Å². The summed E-state index contributed by atoms with van der Waals surface area (Å²) in [6.07, 6.45) is 1.59. The third kappa shape index (κ3) is 2.46. The Balaban J connectivity index is 2.56. The number of para-hydroxylation sites is 1. The van der Waals surface area contributed by atoms with Crippen LogP contribution in [0.25, 0.3) is 10.9 Å². The standard InChI is InChI=1S/C15H20N2O/c1-10(2)13-7-3-5-11-9-12(6-4-8-16)15(18)17-14(11)13/h3,5,7,9-10H,4,6,8,16H2,1-2H3,(H,17,18). The number of benzene rings is 1. The third-order valence-corrected chi connectivity index (χ3v) is 3.26. The first-order chi connectivity index (χ1) is 8.63. The van der Waals surface area contributed by atoms with E-state index in [-0.39, 0.29) is 5.56 Å². The molecule has 0 spiro atoms. The van der Waals surface area contributed by atoms with Crippen LogP contribution < -0.4 is 11.3 Å². The van der Waals surface area contributed by atoms with E-state index in [2.05, 4.69) is 24.9 Å². The molecule has 0 amide bonds.